The van der Waals surface area contributed by atoms with Gasteiger partial charge in [0.15, 0.2) is 11.0 Å². The Hall–Kier alpha value is -2.87. The van der Waals surface area contributed by atoms with Crippen LogP contribution in [0, 0.1) is 18.6 Å². The Kier molecular flexibility index (Phi) is 3.91. The van der Waals surface area contributed by atoms with E-state index in [2.05, 4.69) is 20.6 Å². The molecule has 1 aliphatic rings. The smallest absolute Gasteiger partial charge is 0.226 e. The highest BCUT2D eigenvalue weighted by Gasteiger charge is 2.34. The molecule has 26 heavy (non-hydrogen) atoms. The Labute approximate surface area is 151 Å². The first-order valence-electron chi connectivity index (χ1n) is 7.78. The summed E-state index contributed by atoms with van der Waals surface area (Å²) in [6.45, 7) is 1.75. The highest BCUT2D eigenvalue weighted by atomic mass is 35.5. The number of aromatic nitrogens is 4. The van der Waals surface area contributed by atoms with Crippen LogP contribution in [0.5, 0.6) is 0 Å². The maximum atomic E-state index is 14.3. The van der Waals surface area contributed by atoms with Crippen molar-refractivity contribution in [2.45, 2.75) is 19.3 Å². The van der Waals surface area contributed by atoms with E-state index in [1.54, 1.807) is 19.1 Å². The predicted octanol–water partition coefficient (Wildman–Crippen LogP) is 3.38. The number of amides is 1. The van der Waals surface area contributed by atoms with Gasteiger partial charge in [-0.2, -0.15) is 9.78 Å². The molecule has 0 saturated heterocycles. The zero-order valence-electron chi connectivity index (χ0n) is 13.5. The van der Waals surface area contributed by atoms with Crippen molar-refractivity contribution < 1.29 is 13.6 Å². The van der Waals surface area contributed by atoms with E-state index in [1.165, 1.54) is 16.8 Å². The fourth-order valence-electron chi connectivity index (χ4n) is 3.18. The first-order chi connectivity index (χ1) is 12.4. The lowest BCUT2D eigenvalue weighted by atomic mass is 9.85. The topological polar surface area (TPSA) is 72.7 Å². The fraction of sp³-hybridized carbons (Fsp3) is 0.176. The minimum Gasteiger partial charge on any atom is -0.310 e. The van der Waals surface area contributed by atoms with Gasteiger partial charge in [-0.15, -0.1) is 10.2 Å². The van der Waals surface area contributed by atoms with Gasteiger partial charge in [-0.05, 0) is 30.7 Å². The SMILES string of the molecule is Cc1nn(-c2ccc(Cl)nn2)c2c1[C@H](c1ccc(F)cc1F)CC(=O)N2. The summed E-state index contributed by atoms with van der Waals surface area (Å²) in [6.07, 6.45) is 0.0361. The van der Waals surface area contributed by atoms with Crippen LogP contribution in [0.1, 0.15) is 29.2 Å². The molecule has 3 heterocycles. The summed E-state index contributed by atoms with van der Waals surface area (Å²) in [6, 6.07) is 6.50. The molecule has 1 amide bonds. The average molecular weight is 376 g/mol. The number of hydrogen-bond acceptors (Lipinski definition) is 4. The van der Waals surface area contributed by atoms with E-state index in [0.29, 0.717) is 22.9 Å². The Morgan fingerprint density at radius 2 is 2.04 bits per heavy atom. The molecule has 0 unspecified atom stereocenters. The Balaban J connectivity index is 1.88. The molecule has 6 nitrogen and oxygen atoms in total. The molecule has 0 radical (unpaired) electrons. The number of nitrogens with one attached hydrogen (secondary N) is 1. The number of carbonyl (C=O) groups is 1. The van der Waals surface area contributed by atoms with Crippen LogP contribution in [-0.4, -0.2) is 25.9 Å². The standard InChI is InChI=1S/C17H12ClF2N5O/c1-8-16-11(10-3-2-9(19)6-12(10)20)7-15(26)21-17(16)25(24-8)14-5-4-13(18)22-23-14/h2-6,11H,7H2,1H3,(H,21,26)/t11-/m0/s1. The summed E-state index contributed by atoms with van der Waals surface area (Å²) >= 11 is 5.76. The van der Waals surface area contributed by atoms with Crippen molar-refractivity contribution in [3.05, 3.63) is 63.9 Å². The van der Waals surface area contributed by atoms with Crippen molar-refractivity contribution in [1.29, 1.82) is 0 Å². The summed E-state index contributed by atoms with van der Waals surface area (Å²) in [4.78, 5) is 12.2. The quantitative estimate of drug-likeness (QED) is 0.745. The molecule has 132 valence electrons. The summed E-state index contributed by atoms with van der Waals surface area (Å²) in [5, 5.41) is 15.1. The third-order valence-corrected chi connectivity index (χ3v) is 4.48. The third-order valence-electron chi connectivity index (χ3n) is 4.28. The van der Waals surface area contributed by atoms with Gasteiger partial charge in [0, 0.05) is 24.0 Å². The number of nitrogens with zero attached hydrogens (tertiary/aromatic N) is 4. The second-order valence-electron chi connectivity index (χ2n) is 5.94. The van der Waals surface area contributed by atoms with E-state index in [9.17, 15) is 13.6 Å². The Bertz CT molecular complexity index is 1020. The number of benzene rings is 1. The summed E-state index contributed by atoms with van der Waals surface area (Å²) in [5.74, 6) is -1.49. The number of halogens is 3. The first kappa shape index (κ1) is 16.6. The number of aryl methyl sites for hydroxylation is 1. The largest absolute Gasteiger partial charge is 0.310 e. The second-order valence-corrected chi connectivity index (χ2v) is 6.33. The van der Waals surface area contributed by atoms with Gasteiger partial charge in [0.2, 0.25) is 5.91 Å². The van der Waals surface area contributed by atoms with E-state index < -0.39 is 17.6 Å². The summed E-state index contributed by atoms with van der Waals surface area (Å²) < 4.78 is 29.0. The van der Waals surface area contributed by atoms with Gasteiger partial charge >= 0.3 is 0 Å². The lowest BCUT2D eigenvalue weighted by molar-refractivity contribution is -0.116. The Morgan fingerprint density at radius 1 is 1.23 bits per heavy atom. The van der Waals surface area contributed by atoms with Crippen molar-refractivity contribution in [2.24, 2.45) is 0 Å². The van der Waals surface area contributed by atoms with Crippen LogP contribution in [-0.2, 0) is 4.79 Å². The highest BCUT2D eigenvalue weighted by molar-refractivity contribution is 6.29. The average Bonchev–Trinajstić information content (AvgIpc) is 2.91. The highest BCUT2D eigenvalue weighted by Crippen LogP contribution is 2.40. The molecule has 1 aliphatic heterocycles. The maximum Gasteiger partial charge on any atom is 0.226 e. The van der Waals surface area contributed by atoms with Crippen LogP contribution in [0.25, 0.3) is 5.82 Å². The number of hydrogen-bond donors (Lipinski definition) is 1. The maximum absolute atomic E-state index is 14.3. The van der Waals surface area contributed by atoms with E-state index in [4.69, 9.17) is 11.6 Å². The molecular weight excluding hydrogens is 364 g/mol. The van der Waals surface area contributed by atoms with Crippen LogP contribution in [0.3, 0.4) is 0 Å². The molecule has 1 aromatic carbocycles. The van der Waals surface area contributed by atoms with E-state index in [0.717, 1.165) is 6.07 Å². The molecule has 0 aliphatic carbocycles. The molecule has 1 atom stereocenters. The van der Waals surface area contributed by atoms with Crippen molar-refractivity contribution in [3.63, 3.8) is 0 Å². The normalized spacial score (nSPS) is 16.3. The third kappa shape index (κ3) is 2.72. The minimum absolute atomic E-state index is 0.0361. The van der Waals surface area contributed by atoms with Gasteiger partial charge in [-0.3, -0.25) is 4.79 Å². The van der Waals surface area contributed by atoms with Crippen molar-refractivity contribution in [1.82, 2.24) is 20.0 Å². The molecule has 0 saturated carbocycles. The zero-order valence-corrected chi connectivity index (χ0v) is 14.3. The first-order valence-corrected chi connectivity index (χ1v) is 8.15. The fourth-order valence-corrected chi connectivity index (χ4v) is 3.29. The monoisotopic (exact) mass is 375 g/mol. The number of rotatable bonds is 2. The van der Waals surface area contributed by atoms with Gasteiger partial charge in [0.05, 0.1) is 5.69 Å². The van der Waals surface area contributed by atoms with Gasteiger partial charge in [-0.25, -0.2) is 8.78 Å². The van der Waals surface area contributed by atoms with Crippen molar-refractivity contribution in [2.75, 3.05) is 5.32 Å². The number of carbonyl (C=O) groups excluding carboxylic acids is 1. The molecular formula is C17H12ClF2N5O. The van der Waals surface area contributed by atoms with Crippen LogP contribution >= 0.6 is 11.6 Å². The van der Waals surface area contributed by atoms with Crippen LogP contribution in [0.4, 0.5) is 14.6 Å². The molecule has 3 aromatic rings. The van der Waals surface area contributed by atoms with Crippen LogP contribution in [0.15, 0.2) is 30.3 Å². The van der Waals surface area contributed by atoms with E-state index in [1.807, 2.05) is 0 Å². The van der Waals surface area contributed by atoms with Crippen LogP contribution < -0.4 is 5.32 Å². The molecule has 1 N–H and O–H groups in total. The van der Waals surface area contributed by atoms with E-state index in [-0.39, 0.29) is 23.0 Å². The lowest BCUT2D eigenvalue weighted by Crippen LogP contribution is -2.25. The molecule has 4 rings (SSSR count). The van der Waals surface area contributed by atoms with E-state index >= 15 is 0 Å². The van der Waals surface area contributed by atoms with Crippen LogP contribution in [0.2, 0.25) is 5.15 Å². The number of anilines is 1. The lowest BCUT2D eigenvalue weighted by Gasteiger charge is -2.24. The number of fused-ring (bicyclic) bond motifs is 1. The summed E-state index contributed by atoms with van der Waals surface area (Å²) in [7, 11) is 0. The predicted molar refractivity (Wildman–Crippen MR) is 90.3 cm³/mol. The molecule has 0 spiro atoms. The second kappa shape index (κ2) is 6.14. The summed E-state index contributed by atoms with van der Waals surface area (Å²) in [5.41, 5.74) is 1.50. The van der Waals surface area contributed by atoms with Gasteiger partial charge < -0.3 is 5.32 Å². The molecule has 0 fully saturated rings. The molecule has 9 heteroatoms. The minimum atomic E-state index is -0.700. The van der Waals surface area contributed by atoms with Gasteiger partial charge in [0.1, 0.15) is 17.5 Å². The van der Waals surface area contributed by atoms with Crippen molar-refractivity contribution >= 4 is 23.3 Å². The zero-order chi connectivity index (χ0) is 18.4. The van der Waals surface area contributed by atoms with Gasteiger partial charge in [0.25, 0.3) is 0 Å². The van der Waals surface area contributed by atoms with Gasteiger partial charge in [-0.1, -0.05) is 17.7 Å². The Morgan fingerprint density at radius 3 is 2.73 bits per heavy atom. The van der Waals surface area contributed by atoms with Crippen molar-refractivity contribution in [3.8, 4) is 5.82 Å². The molecule has 0 bridgehead atoms. The molecule has 2 aromatic heterocycles.